The number of nitrogens with one attached hydrogen (secondary N) is 2. The maximum Gasteiger partial charge on any atom is 0.191 e. The van der Waals surface area contributed by atoms with Gasteiger partial charge in [-0.05, 0) is 45.7 Å². The fourth-order valence-corrected chi connectivity index (χ4v) is 2.91. The van der Waals surface area contributed by atoms with Gasteiger partial charge in [0, 0.05) is 39.4 Å². The summed E-state index contributed by atoms with van der Waals surface area (Å²) >= 11 is 0. The van der Waals surface area contributed by atoms with E-state index in [9.17, 15) is 0 Å². The van der Waals surface area contributed by atoms with Gasteiger partial charge < -0.3 is 25.0 Å². The van der Waals surface area contributed by atoms with E-state index in [2.05, 4.69) is 50.4 Å². The standard InChI is InChI=1S/C18H38N4O2/c1-6-19-17(21-14-18(2,3)15-22(4)5)20-10-8-11-23-13-16-9-7-12-24-16/h16H,6-15H2,1-5H3,(H2,19,20,21). The van der Waals surface area contributed by atoms with Crippen LogP contribution in [-0.2, 0) is 9.47 Å². The number of aliphatic imine (C=N–C) groups is 1. The van der Waals surface area contributed by atoms with Gasteiger partial charge in [-0.3, -0.25) is 4.99 Å². The second-order valence-corrected chi connectivity index (χ2v) is 7.59. The van der Waals surface area contributed by atoms with E-state index in [1.54, 1.807) is 0 Å². The van der Waals surface area contributed by atoms with Crippen molar-refractivity contribution >= 4 is 5.96 Å². The lowest BCUT2D eigenvalue weighted by molar-refractivity contribution is 0.0168. The third-order valence-electron chi connectivity index (χ3n) is 3.84. The molecule has 1 aliphatic rings. The van der Waals surface area contributed by atoms with Crippen LogP contribution in [0.5, 0.6) is 0 Å². The van der Waals surface area contributed by atoms with Crippen LogP contribution in [0.1, 0.15) is 40.0 Å². The lowest BCUT2D eigenvalue weighted by Gasteiger charge is -2.26. The van der Waals surface area contributed by atoms with E-state index >= 15 is 0 Å². The summed E-state index contributed by atoms with van der Waals surface area (Å²) < 4.78 is 11.2. The number of rotatable bonds is 11. The fraction of sp³-hybridized carbons (Fsp3) is 0.944. The molecule has 6 heteroatoms. The van der Waals surface area contributed by atoms with Crippen LogP contribution in [0.2, 0.25) is 0 Å². The molecule has 1 rings (SSSR count). The topological polar surface area (TPSA) is 58.1 Å². The Morgan fingerprint density at radius 2 is 2.12 bits per heavy atom. The van der Waals surface area contributed by atoms with Gasteiger partial charge in [0.1, 0.15) is 0 Å². The molecule has 0 bridgehead atoms. The van der Waals surface area contributed by atoms with Crippen LogP contribution in [0.3, 0.4) is 0 Å². The van der Waals surface area contributed by atoms with E-state index in [-0.39, 0.29) is 5.41 Å². The maximum absolute atomic E-state index is 5.69. The van der Waals surface area contributed by atoms with E-state index in [1.165, 1.54) is 6.42 Å². The number of ether oxygens (including phenoxy) is 2. The SMILES string of the molecule is CCNC(=NCC(C)(C)CN(C)C)NCCCOCC1CCCO1. The summed E-state index contributed by atoms with van der Waals surface area (Å²) in [6.07, 6.45) is 3.59. The second-order valence-electron chi connectivity index (χ2n) is 7.59. The zero-order valence-corrected chi connectivity index (χ0v) is 16.4. The Hall–Kier alpha value is -0.850. The van der Waals surface area contributed by atoms with E-state index in [0.29, 0.717) is 6.10 Å². The first-order valence-electron chi connectivity index (χ1n) is 9.29. The van der Waals surface area contributed by atoms with Gasteiger partial charge in [-0.25, -0.2) is 0 Å². The molecule has 1 unspecified atom stereocenters. The summed E-state index contributed by atoms with van der Waals surface area (Å²) in [4.78, 5) is 6.94. The Labute approximate surface area is 148 Å². The lowest BCUT2D eigenvalue weighted by atomic mass is 9.93. The molecule has 24 heavy (non-hydrogen) atoms. The molecular weight excluding hydrogens is 304 g/mol. The van der Waals surface area contributed by atoms with Crippen LogP contribution in [0.15, 0.2) is 4.99 Å². The quantitative estimate of drug-likeness (QED) is 0.340. The molecule has 0 aromatic rings. The van der Waals surface area contributed by atoms with Gasteiger partial charge in [-0.2, -0.15) is 0 Å². The average Bonchev–Trinajstić information content (AvgIpc) is 3.00. The van der Waals surface area contributed by atoms with Gasteiger partial charge in [0.2, 0.25) is 0 Å². The molecule has 1 saturated heterocycles. The normalized spacial score (nSPS) is 19.1. The molecule has 2 N–H and O–H groups in total. The third kappa shape index (κ3) is 10.1. The van der Waals surface area contributed by atoms with Crippen molar-refractivity contribution in [2.45, 2.75) is 46.1 Å². The Bertz CT molecular complexity index is 353. The molecule has 0 aromatic heterocycles. The van der Waals surface area contributed by atoms with Gasteiger partial charge in [0.25, 0.3) is 0 Å². The molecule has 0 amide bonds. The maximum atomic E-state index is 5.69. The molecule has 0 aromatic carbocycles. The molecule has 0 saturated carbocycles. The summed E-state index contributed by atoms with van der Waals surface area (Å²) in [6, 6.07) is 0. The average molecular weight is 343 g/mol. The number of hydrogen-bond acceptors (Lipinski definition) is 4. The molecule has 6 nitrogen and oxygen atoms in total. The van der Waals surface area contributed by atoms with Crippen molar-refractivity contribution in [2.75, 3.05) is 60.1 Å². The first-order chi connectivity index (χ1) is 11.4. The highest BCUT2D eigenvalue weighted by Crippen LogP contribution is 2.16. The fourth-order valence-electron chi connectivity index (χ4n) is 2.91. The van der Waals surface area contributed by atoms with Crippen molar-refractivity contribution in [1.29, 1.82) is 0 Å². The summed E-state index contributed by atoms with van der Waals surface area (Å²) in [5.74, 6) is 0.892. The van der Waals surface area contributed by atoms with Gasteiger partial charge in [0.05, 0.1) is 12.7 Å². The number of hydrogen-bond donors (Lipinski definition) is 2. The van der Waals surface area contributed by atoms with E-state index in [4.69, 9.17) is 14.5 Å². The molecule has 0 spiro atoms. The minimum absolute atomic E-state index is 0.163. The number of guanidine groups is 1. The van der Waals surface area contributed by atoms with Crippen molar-refractivity contribution < 1.29 is 9.47 Å². The van der Waals surface area contributed by atoms with E-state index in [0.717, 1.165) is 64.8 Å². The zero-order chi connectivity index (χ0) is 17.8. The highest BCUT2D eigenvalue weighted by Gasteiger charge is 2.18. The largest absolute Gasteiger partial charge is 0.379 e. The van der Waals surface area contributed by atoms with Crippen LogP contribution in [-0.4, -0.2) is 77.1 Å². The van der Waals surface area contributed by atoms with Gasteiger partial charge in [-0.15, -0.1) is 0 Å². The smallest absolute Gasteiger partial charge is 0.191 e. The molecular formula is C18H38N4O2. The summed E-state index contributed by atoms with van der Waals surface area (Å²) in [5, 5.41) is 6.70. The van der Waals surface area contributed by atoms with Crippen LogP contribution in [0.4, 0.5) is 0 Å². The molecule has 142 valence electrons. The monoisotopic (exact) mass is 342 g/mol. The zero-order valence-electron chi connectivity index (χ0n) is 16.4. The van der Waals surface area contributed by atoms with Crippen LogP contribution in [0, 0.1) is 5.41 Å². The first-order valence-corrected chi connectivity index (χ1v) is 9.29. The highest BCUT2D eigenvalue weighted by atomic mass is 16.5. The molecule has 0 radical (unpaired) electrons. The Morgan fingerprint density at radius 3 is 2.75 bits per heavy atom. The molecule has 1 atom stereocenters. The predicted octanol–water partition coefficient (Wildman–Crippen LogP) is 1.72. The lowest BCUT2D eigenvalue weighted by Crippen LogP contribution is -2.39. The van der Waals surface area contributed by atoms with Crippen molar-refractivity contribution in [3.8, 4) is 0 Å². The van der Waals surface area contributed by atoms with Crippen molar-refractivity contribution in [2.24, 2.45) is 10.4 Å². The first kappa shape index (κ1) is 21.2. The molecule has 0 aliphatic carbocycles. The second kappa shape index (κ2) is 11.7. The van der Waals surface area contributed by atoms with E-state index < -0.39 is 0 Å². The molecule has 1 fully saturated rings. The molecule has 1 heterocycles. The van der Waals surface area contributed by atoms with E-state index in [1.807, 2.05) is 0 Å². The van der Waals surface area contributed by atoms with Crippen molar-refractivity contribution in [3.05, 3.63) is 0 Å². The minimum atomic E-state index is 0.163. The summed E-state index contributed by atoms with van der Waals surface area (Å²) in [5.41, 5.74) is 0.163. The van der Waals surface area contributed by atoms with Crippen LogP contribution < -0.4 is 10.6 Å². The number of nitrogens with zero attached hydrogens (tertiary/aromatic N) is 2. The minimum Gasteiger partial charge on any atom is -0.379 e. The summed E-state index contributed by atoms with van der Waals surface area (Å²) in [6.45, 7) is 12.5. The Kier molecular flexibility index (Phi) is 10.3. The highest BCUT2D eigenvalue weighted by molar-refractivity contribution is 5.79. The Balaban J connectivity index is 2.20. The van der Waals surface area contributed by atoms with Crippen LogP contribution in [0.25, 0.3) is 0 Å². The van der Waals surface area contributed by atoms with Crippen molar-refractivity contribution in [1.82, 2.24) is 15.5 Å². The van der Waals surface area contributed by atoms with Gasteiger partial charge >= 0.3 is 0 Å². The van der Waals surface area contributed by atoms with Gasteiger partial charge in [0.15, 0.2) is 5.96 Å². The van der Waals surface area contributed by atoms with Crippen molar-refractivity contribution in [3.63, 3.8) is 0 Å². The third-order valence-corrected chi connectivity index (χ3v) is 3.84. The van der Waals surface area contributed by atoms with Crippen LogP contribution >= 0.6 is 0 Å². The Morgan fingerprint density at radius 1 is 1.33 bits per heavy atom. The summed E-state index contributed by atoms with van der Waals surface area (Å²) in [7, 11) is 4.21. The van der Waals surface area contributed by atoms with Gasteiger partial charge in [-0.1, -0.05) is 13.8 Å². The molecule has 1 aliphatic heterocycles. The predicted molar refractivity (Wildman–Crippen MR) is 101 cm³/mol.